The predicted octanol–water partition coefficient (Wildman–Crippen LogP) is 2.76. The molecule has 0 saturated carbocycles. The zero-order valence-electron chi connectivity index (χ0n) is 10.6. The zero-order chi connectivity index (χ0) is 12.4. The molecule has 3 heteroatoms. The first-order valence-corrected chi connectivity index (χ1v) is 5.97. The summed E-state index contributed by atoms with van der Waals surface area (Å²) in [5.74, 6) is 0.459. The third-order valence-corrected chi connectivity index (χ3v) is 3.01. The Labute approximate surface area is 102 Å². The highest BCUT2D eigenvalue weighted by molar-refractivity contribution is 5.39. The lowest BCUT2D eigenvalue weighted by Gasteiger charge is -2.07. The van der Waals surface area contributed by atoms with Gasteiger partial charge in [0.2, 0.25) is 0 Å². The van der Waals surface area contributed by atoms with Crippen molar-refractivity contribution < 1.29 is 0 Å². The molecule has 0 unspecified atom stereocenters. The number of aryl methyl sites for hydroxylation is 1. The molecule has 2 aromatic rings. The number of benzene rings is 1. The maximum Gasteiger partial charge on any atom is 0.0654 e. The standard InChI is InChI=1S/C14H19N3/c1-10(2)14-6-7-17(16-14)13-5-4-12(9-15)11(3)8-13/h4-8,10H,9,15H2,1-3H3. The monoisotopic (exact) mass is 229 g/mol. The van der Waals surface area contributed by atoms with Crippen molar-refractivity contribution in [3.05, 3.63) is 47.3 Å². The number of aromatic nitrogens is 2. The van der Waals surface area contributed by atoms with Crippen molar-refractivity contribution in [2.45, 2.75) is 33.2 Å². The lowest BCUT2D eigenvalue weighted by molar-refractivity contribution is 0.767. The Morgan fingerprint density at radius 2 is 2.06 bits per heavy atom. The van der Waals surface area contributed by atoms with E-state index in [9.17, 15) is 0 Å². The van der Waals surface area contributed by atoms with Gasteiger partial charge in [0.05, 0.1) is 11.4 Å². The van der Waals surface area contributed by atoms with Crippen LogP contribution in [-0.2, 0) is 6.54 Å². The minimum Gasteiger partial charge on any atom is -0.326 e. The summed E-state index contributed by atoms with van der Waals surface area (Å²) in [5.41, 5.74) is 10.3. The van der Waals surface area contributed by atoms with Gasteiger partial charge >= 0.3 is 0 Å². The van der Waals surface area contributed by atoms with Crippen LogP contribution in [0.15, 0.2) is 30.5 Å². The fraction of sp³-hybridized carbons (Fsp3) is 0.357. The van der Waals surface area contributed by atoms with Gasteiger partial charge in [-0.1, -0.05) is 19.9 Å². The minimum absolute atomic E-state index is 0.459. The number of hydrogen-bond acceptors (Lipinski definition) is 2. The van der Waals surface area contributed by atoms with E-state index in [2.05, 4.69) is 50.1 Å². The second kappa shape index (κ2) is 4.72. The number of rotatable bonds is 3. The van der Waals surface area contributed by atoms with Gasteiger partial charge in [-0.2, -0.15) is 5.10 Å². The van der Waals surface area contributed by atoms with Crippen molar-refractivity contribution in [2.24, 2.45) is 5.73 Å². The molecule has 0 aliphatic carbocycles. The lowest BCUT2D eigenvalue weighted by atomic mass is 10.1. The van der Waals surface area contributed by atoms with Crippen LogP contribution in [-0.4, -0.2) is 9.78 Å². The van der Waals surface area contributed by atoms with Gasteiger partial charge in [-0.15, -0.1) is 0 Å². The molecule has 2 N–H and O–H groups in total. The van der Waals surface area contributed by atoms with Crippen LogP contribution < -0.4 is 5.73 Å². The molecule has 2 rings (SSSR count). The van der Waals surface area contributed by atoms with E-state index in [1.54, 1.807) is 0 Å². The van der Waals surface area contributed by atoms with Crippen molar-refractivity contribution in [2.75, 3.05) is 0 Å². The molecule has 0 bridgehead atoms. The molecular weight excluding hydrogens is 210 g/mol. The van der Waals surface area contributed by atoms with Crippen LogP contribution in [0, 0.1) is 6.92 Å². The molecule has 1 aromatic heterocycles. The summed E-state index contributed by atoms with van der Waals surface area (Å²) in [6.45, 7) is 6.96. The molecule has 0 saturated heterocycles. The average molecular weight is 229 g/mol. The fourth-order valence-corrected chi connectivity index (χ4v) is 1.84. The van der Waals surface area contributed by atoms with Crippen molar-refractivity contribution in [1.82, 2.24) is 9.78 Å². The molecular formula is C14H19N3. The van der Waals surface area contributed by atoms with Crippen LogP contribution >= 0.6 is 0 Å². The van der Waals surface area contributed by atoms with Gasteiger partial charge in [-0.25, -0.2) is 4.68 Å². The lowest BCUT2D eigenvalue weighted by Crippen LogP contribution is -2.02. The maximum absolute atomic E-state index is 5.66. The average Bonchev–Trinajstić information content (AvgIpc) is 2.78. The summed E-state index contributed by atoms with van der Waals surface area (Å²) in [6.07, 6.45) is 2.01. The van der Waals surface area contributed by atoms with E-state index >= 15 is 0 Å². The van der Waals surface area contributed by atoms with Crippen molar-refractivity contribution in [1.29, 1.82) is 0 Å². The summed E-state index contributed by atoms with van der Waals surface area (Å²) in [5, 5.41) is 4.56. The summed E-state index contributed by atoms with van der Waals surface area (Å²) < 4.78 is 1.92. The molecule has 0 atom stereocenters. The van der Waals surface area contributed by atoms with Crippen LogP contribution in [0.25, 0.3) is 5.69 Å². The molecule has 1 aromatic carbocycles. The molecule has 0 aliphatic rings. The van der Waals surface area contributed by atoms with E-state index in [4.69, 9.17) is 5.73 Å². The SMILES string of the molecule is Cc1cc(-n2ccc(C(C)C)n2)ccc1CN. The second-order valence-electron chi connectivity index (χ2n) is 4.65. The minimum atomic E-state index is 0.459. The Kier molecular flexibility index (Phi) is 3.29. The largest absolute Gasteiger partial charge is 0.326 e. The Hall–Kier alpha value is -1.61. The van der Waals surface area contributed by atoms with Gasteiger partial charge in [-0.3, -0.25) is 0 Å². The maximum atomic E-state index is 5.66. The Morgan fingerprint density at radius 1 is 1.29 bits per heavy atom. The third kappa shape index (κ3) is 2.39. The van der Waals surface area contributed by atoms with E-state index in [1.807, 2.05) is 10.9 Å². The van der Waals surface area contributed by atoms with Crippen molar-refractivity contribution in [3.63, 3.8) is 0 Å². The molecule has 0 fully saturated rings. The molecule has 1 heterocycles. The summed E-state index contributed by atoms with van der Waals surface area (Å²) in [4.78, 5) is 0. The van der Waals surface area contributed by atoms with Crippen LogP contribution in [0.4, 0.5) is 0 Å². The first kappa shape index (κ1) is 11.9. The molecule has 0 aliphatic heterocycles. The quantitative estimate of drug-likeness (QED) is 0.879. The van der Waals surface area contributed by atoms with Crippen LogP contribution in [0.5, 0.6) is 0 Å². The Bertz CT molecular complexity index is 512. The van der Waals surface area contributed by atoms with E-state index in [0.29, 0.717) is 12.5 Å². The van der Waals surface area contributed by atoms with E-state index < -0.39 is 0 Å². The highest BCUT2D eigenvalue weighted by Gasteiger charge is 2.05. The number of hydrogen-bond donors (Lipinski definition) is 1. The Balaban J connectivity index is 2.36. The molecule has 0 spiro atoms. The van der Waals surface area contributed by atoms with Gasteiger partial charge in [0.15, 0.2) is 0 Å². The third-order valence-electron chi connectivity index (χ3n) is 3.01. The molecule has 90 valence electrons. The molecule has 3 nitrogen and oxygen atoms in total. The van der Waals surface area contributed by atoms with Gasteiger partial charge in [-0.05, 0) is 42.2 Å². The highest BCUT2D eigenvalue weighted by atomic mass is 15.3. The summed E-state index contributed by atoms with van der Waals surface area (Å²) >= 11 is 0. The van der Waals surface area contributed by atoms with Crippen LogP contribution in [0.2, 0.25) is 0 Å². The van der Waals surface area contributed by atoms with Gasteiger partial charge in [0, 0.05) is 12.7 Å². The summed E-state index contributed by atoms with van der Waals surface area (Å²) in [6, 6.07) is 8.32. The zero-order valence-corrected chi connectivity index (χ0v) is 10.6. The van der Waals surface area contributed by atoms with E-state index in [0.717, 1.165) is 11.4 Å². The fourth-order valence-electron chi connectivity index (χ4n) is 1.84. The topological polar surface area (TPSA) is 43.8 Å². The normalized spacial score (nSPS) is 11.1. The number of nitrogens with two attached hydrogens (primary N) is 1. The highest BCUT2D eigenvalue weighted by Crippen LogP contribution is 2.16. The van der Waals surface area contributed by atoms with Crippen LogP contribution in [0.1, 0.15) is 36.6 Å². The Morgan fingerprint density at radius 3 is 2.59 bits per heavy atom. The van der Waals surface area contributed by atoms with Gasteiger partial charge < -0.3 is 5.73 Å². The van der Waals surface area contributed by atoms with Crippen LogP contribution in [0.3, 0.4) is 0 Å². The molecule has 17 heavy (non-hydrogen) atoms. The van der Waals surface area contributed by atoms with Crippen molar-refractivity contribution in [3.8, 4) is 5.69 Å². The first-order valence-electron chi connectivity index (χ1n) is 5.97. The predicted molar refractivity (Wildman–Crippen MR) is 70.3 cm³/mol. The van der Waals surface area contributed by atoms with Crippen molar-refractivity contribution >= 4 is 0 Å². The smallest absolute Gasteiger partial charge is 0.0654 e. The molecule has 0 radical (unpaired) electrons. The summed E-state index contributed by atoms with van der Waals surface area (Å²) in [7, 11) is 0. The molecule has 0 amide bonds. The van der Waals surface area contributed by atoms with Gasteiger partial charge in [0.1, 0.15) is 0 Å². The van der Waals surface area contributed by atoms with E-state index in [-0.39, 0.29) is 0 Å². The second-order valence-corrected chi connectivity index (χ2v) is 4.65. The van der Waals surface area contributed by atoms with Gasteiger partial charge in [0.25, 0.3) is 0 Å². The van der Waals surface area contributed by atoms with E-state index in [1.165, 1.54) is 11.1 Å². The number of nitrogens with zero attached hydrogens (tertiary/aromatic N) is 2. The first-order chi connectivity index (χ1) is 8.11.